The molecule has 0 aromatic carbocycles. The molecule has 1 nitrogen and oxygen atoms in total. The molecule has 1 aliphatic rings. The fourth-order valence-corrected chi connectivity index (χ4v) is 2.53. The Labute approximate surface area is 71.0 Å². The zero-order valence-corrected chi connectivity index (χ0v) is 7.49. The number of thiophene rings is 1. The molecule has 11 heavy (non-hydrogen) atoms. The number of ether oxygens (including phenoxy) is 1. The van der Waals surface area contributed by atoms with E-state index in [4.69, 9.17) is 4.74 Å². The van der Waals surface area contributed by atoms with E-state index in [-0.39, 0.29) is 0 Å². The van der Waals surface area contributed by atoms with Gasteiger partial charge in [0.05, 0.1) is 6.10 Å². The van der Waals surface area contributed by atoms with Crippen LogP contribution in [0, 0.1) is 0 Å². The minimum Gasteiger partial charge on any atom is -0.381 e. The quantitative estimate of drug-likeness (QED) is 0.625. The van der Waals surface area contributed by atoms with Gasteiger partial charge in [0, 0.05) is 7.11 Å². The first-order valence-corrected chi connectivity index (χ1v) is 4.91. The van der Waals surface area contributed by atoms with E-state index in [0.29, 0.717) is 6.10 Å². The van der Waals surface area contributed by atoms with Crippen molar-refractivity contribution in [2.45, 2.75) is 25.4 Å². The molecule has 1 atom stereocenters. The Morgan fingerprint density at radius 1 is 1.45 bits per heavy atom. The highest BCUT2D eigenvalue weighted by Gasteiger charge is 2.17. The molecule has 2 heteroatoms. The number of hydrogen-bond donors (Lipinski definition) is 0. The Morgan fingerprint density at radius 2 is 2.27 bits per heavy atom. The minimum atomic E-state index is 0.470. The Kier molecular flexibility index (Phi) is 1.96. The van der Waals surface area contributed by atoms with Crippen LogP contribution in [0.3, 0.4) is 0 Å². The predicted octanol–water partition coefficient (Wildman–Crippen LogP) is 2.25. The largest absolute Gasteiger partial charge is 0.381 e. The lowest BCUT2D eigenvalue weighted by atomic mass is 9.93. The van der Waals surface area contributed by atoms with Crippen LogP contribution >= 0.6 is 11.3 Å². The fourth-order valence-electron chi connectivity index (χ4n) is 1.61. The summed E-state index contributed by atoms with van der Waals surface area (Å²) in [4.78, 5) is 0. The monoisotopic (exact) mass is 168 g/mol. The molecule has 0 N–H and O–H groups in total. The molecule has 0 spiro atoms. The van der Waals surface area contributed by atoms with Crippen molar-refractivity contribution in [2.75, 3.05) is 7.11 Å². The summed E-state index contributed by atoms with van der Waals surface area (Å²) in [7, 11) is 1.81. The third-order valence-electron chi connectivity index (χ3n) is 2.35. The van der Waals surface area contributed by atoms with Gasteiger partial charge in [0.2, 0.25) is 0 Å². The molecule has 1 aromatic rings. The lowest BCUT2D eigenvalue weighted by molar-refractivity contribution is 0.0913. The lowest BCUT2D eigenvalue weighted by Crippen LogP contribution is -2.19. The SMILES string of the molecule is COC1CCc2cscc2C1. The molecule has 1 unspecified atom stereocenters. The highest BCUT2D eigenvalue weighted by Crippen LogP contribution is 2.25. The highest BCUT2D eigenvalue weighted by molar-refractivity contribution is 7.08. The summed E-state index contributed by atoms with van der Waals surface area (Å²) in [5.41, 5.74) is 3.05. The first-order chi connectivity index (χ1) is 5.40. The van der Waals surface area contributed by atoms with Crippen molar-refractivity contribution in [3.63, 3.8) is 0 Å². The molecule has 0 saturated heterocycles. The van der Waals surface area contributed by atoms with Crippen LogP contribution in [0.4, 0.5) is 0 Å². The number of aryl methyl sites for hydroxylation is 1. The molecule has 1 aliphatic carbocycles. The van der Waals surface area contributed by atoms with Gasteiger partial charge in [0.25, 0.3) is 0 Å². The maximum atomic E-state index is 5.32. The molecular formula is C9H12OS. The summed E-state index contributed by atoms with van der Waals surface area (Å²) < 4.78 is 5.32. The van der Waals surface area contributed by atoms with Crippen molar-refractivity contribution in [2.24, 2.45) is 0 Å². The van der Waals surface area contributed by atoms with Gasteiger partial charge in [-0.1, -0.05) is 0 Å². The van der Waals surface area contributed by atoms with Crippen LogP contribution in [-0.2, 0) is 17.6 Å². The van der Waals surface area contributed by atoms with Crippen molar-refractivity contribution < 1.29 is 4.74 Å². The highest BCUT2D eigenvalue weighted by atomic mass is 32.1. The van der Waals surface area contributed by atoms with Gasteiger partial charge in [-0.25, -0.2) is 0 Å². The van der Waals surface area contributed by atoms with Gasteiger partial charge in [0.1, 0.15) is 0 Å². The first kappa shape index (κ1) is 7.32. The van der Waals surface area contributed by atoms with E-state index in [1.165, 1.54) is 18.4 Å². The summed E-state index contributed by atoms with van der Waals surface area (Å²) in [6.07, 6.45) is 3.99. The smallest absolute Gasteiger partial charge is 0.0615 e. The minimum absolute atomic E-state index is 0.470. The van der Waals surface area contributed by atoms with Crippen molar-refractivity contribution in [3.05, 3.63) is 21.9 Å². The summed E-state index contributed by atoms with van der Waals surface area (Å²) in [6.45, 7) is 0. The standard InChI is InChI=1S/C9H12OS/c1-10-9-3-2-7-5-11-6-8(7)4-9/h5-6,9H,2-4H2,1H3. The van der Waals surface area contributed by atoms with Gasteiger partial charge < -0.3 is 4.74 Å². The molecule has 0 aliphatic heterocycles. The Balaban J connectivity index is 2.18. The normalized spacial score (nSPS) is 23.2. The van der Waals surface area contributed by atoms with Crippen molar-refractivity contribution >= 4 is 11.3 Å². The summed E-state index contributed by atoms with van der Waals surface area (Å²) in [5, 5.41) is 4.52. The number of fused-ring (bicyclic) bond motifs is 1. The fraction of sp³-hybridized carbons (Fsp3) is 0.556. The van der Waals surface area contributed by atoms with E-state index in [2.05, 4.69) is 10.8 Å². The zero-order valence-electron chi connectivity index (χ0n) is 6.67. The van der Waals surface area contributed by atoms with Gasteiger partial charge in [-0.2, -0.15) is 11.3 Å². The van der Waals surface area contributed by atoms with Crippen LogP contribution in [0.25, 0.3) is 0 Å². The molecule has 0 fully saturated rings. The van der Waals surface area contributed by atoms with Crippen LogP contribution in [0.15, 0.2) is 10.8 Å². The third kappa shape index (κ3) is 1.33. The summed E-state index contributed by atoms with van der Waals surface area (Å²) in [5.74, 6) is 0. The van der Waals surface area contributed by atoms with E-state index in [9.17, 15) is 0 Å². The molecule has 1 heterocycles. The maximum Gasteiger partial charge on any atom is 0.0615 e. The van der Waals surface area contributed by atoms with Crippen LogP contribution in [0.5, 0.6) is 0 Å². The Hall–Kier alpha value is -0.340. The predicted molar refractivity (Wildman–Crippen MR) is 47.1 cm³/mol. The van der Waals surface area contributed by atoms with Gasteiger partial charge in [-0.15, -0.1) is 0 Å². The van der Waals surface area contributed by atoms with Crippen LogP contribution in [0.1, 0.15) is 17.5 Å². The van der Waals surface area contributed by atoms with Gasteiger partial charge in [0.15, 0.2) is 0 Å². The summed E-state index contributed by atoms with van der Waals surface area (Å²) >= 11 is 1.81. The van der Waals surface area contributed by atoms with E-state index in [0.717, 1.165) is 6.42 Å². The first-order valence-electron chi connectivity index (χ1n) is 3.97. The van der Waals surface area contributed by atoms with Crippen LogP contribution in [0.2, 0.25) is 0 Å². The van der Waals surface area contributed by atoms with Crippen molar-refractivity contribution in [3.8, 4) is 0 Å². The van der Waals surface area contributed by atoms with Gasteiger partial charge >= 0.3 is 0 Å². The lowest BCUT2D eigenvalue weighted by Gasteiger charge is -2.20. The van der Waals surface area contributed by atoms with Gasteiger partial charge in [-0.3, -0.25) is 0 Å². The van der Waals surface area contributed by atoms with E-state index in [1.54, 1.807) is 5.56 Å². The topological polar surface area (TPSA) is 9.23 Å². The van der Waals surface area contributed by atoms with Crippen LogP contribution in [-0.4, -0.2) is 13.2 Å². The third-order valence-corrected chi connectivity index (χ3v) is 3.19. The molecule has 0 radical (unpaired) electrons. The molecule has 0 amide bonds. The summed E-state index contributed by atoms with van der Waals surface area (Å²) in [6, 6.07) is 0. The maximum absolute atomic E-state index is 5.32. The second-order valence-corrected chi connectivity index (χ2v) is 3.77. The molecular weight excluding hydrogens is 156 g/mol. The van der Waals surface area contributed by atoms with Crippen molar-refractivity contribution in [1.82, 2.24) is 0 Å². The second kappa shape index (κ2) is 2.95. The van der Waals surface area contributed by atoms with Gasteiger partial charge in [-0.05, 0) is 41.1 Å². The molecule has 1 aromatic heterocycles. The molecule has 0 bridgehead atoms. The molecule has 60 valence electrons. The van der Waals surface area contributed by atoms with E-state index in [1.807, 2.05) is 18.4 Å². The van der Waals surface area contributed by atoms with E-state index < -0.39 is 0 Å². The average Bonchev–Trinajstić information content (AvgIpc) is 2.50. The molecule has 2 rings (SSSR count). The number of methoxy groups -OCH3 is 1. The van der Waals surface area contributed by atoms with E-state index >= 15 is 0 Å². The Morgan fingerprint density at radius 3 is 3.09 bits per heavy atom. The Bertz CT molecular complexity index is 241. The molecule has 0 saturated carbocycles. The number of rotatable bonds is 1. The second-order valence-electron chi connectivity index (χ2n) is 3.02. The zero-order chi connectivity index (χ0) is 7.68. The van der Waals surface area contributed by atoms with Crippen molar-refractivity contribution in [1.29, 1.82) is 0 Å². The number of hydrogen-bond acceptors (Lipinski definition) is 2. The van der Waals surface area contributed by atoms with Crippen LogP contribution < -0.4 is 0 Å². The average molecular weight is 168 g/mol.